The highest BCUT2D eigenvalue weighted by atomic mass is 15.3. The number of nitrogens with zero attached hydrogens (tertiary/aromatic N) is 3. The van der Waals surface area contributed by atoms with Crippen molar-refractivity contribution in [3.8, 4) is 0 Å². The van der Waals surface area contributed by atoms with Gasteiger partial charge in [-0.3, -0.25) is 9.58 Å². The first-order chi connectivity index (χ1) is 7.36. The Bertz CT molecular complexity index is 353. The Morgan fingerprint density at radius 2 is 2.27 bits per heavy atom. The minimum atomic E-state index is 0.754. The summed E-state index contributed by atoms with van der Waals surface area (Å²) in [7, 11) is 0. The van der Waals surface area contributed by atoms with Crippen molar-refractivity contribution in [1.29, 1.82) is 0 Å². The van der Waals surface area contributed by atoms with Crippen LogP contribution in [0.5, 0.6) is 0 Å². The largest absolute Gasteiger partial charge is 0.329 e. The summed E-state index contributed by atoms with van der Waals surface area (Å²) in [6.07, 6.45) is 2.67. The molecule has 2 heterocycles. The summed E-state index contributed by atoms with van der Waals surface area (Å²) < 4.78 is 2.18. The van der Waals surface area contributed by atoms with Gasteiger partial charge in [0.15, 0.2) is 0 Å². The summed E-state index contributed by atoms with van der Waals surface area (Å²) in [5.41, 5.74) is 8.27. The first-order valence-corrected chi connectivity index (χ1v) is 5.86. The van der Waals surface area contributed by atoms with Crippen molar-refractivity contribution in [1.82, 2.24) is 14.7 Å². The zero-order valence-electron chi connectivity index (χ0n) is 9.02. The maximum absolute atomic E-state index is 5.58. The lowest BCUT2D eigenvalue weighted by atomic mass is 10.2. The predicted molar refractivity (Wildman–Crippen MR) is 58.5 cm³/mol. The van der Waals surface area contributed by atoms with Crippen molar-refractivity contribution < 1.29 is 0 Å². The molecule has 2 N–H and O–H groups in total. The highest BCUT2D eigenvalue weighted by Crippen LogP contribution is 2.39. The van der Waals surface area contributed by atoms with Gasteiger partial charge in [-0.1, -0.05) is 0 Å². The number of hydrogen-bond donors (Lipinski definition) is 1. The average molecular weight is 206 g/mol. The molecule has 4 heteroatoms. The Labute approximate surface area is 90.0 Å². The molecule has 4 nitrogen and oxygen atoms in total. The Kier molecular flexibility index (Phi) is 2.25. The van der Waals surface area contributed by atoms with Crippen LogP contribution < -0.4 is 5.73 Å². The van der Waals surface area contributed by atoms with Crippen LogP contribution in [0.15, 0.2) is 6.07 Å². The average Bonchev–Trinajstić information content (AvgIpc) is 2.99. The lowest BCUT2D eigenvalue weighted by molar-refractivity contribution is 0.219. The number of nitrogens with two attached hydrogens (primary N) is 1. The second kappa shape index (κ2) is 3.61. The highest BCUT2D eigenvalue weighted by Gasteiger charge is 2.28. The van der Waals surface area contributed by atoms with E-state index in [0.717, 1.165) is 38.6 Å². The van der Waals surface area contributed by atoms with E-state index in [9.17, 15) is 0 Å². The lowest BCUT2D eigenvalue weighted by Gasteiger charge is -2.26. The van der Waals surface area contributed by atoms with Crippen molar-refractivity contribution in [2.75, 3.05) is 19.6 Å². The second-order valence-electron chi connectivity index (χ2n) is 4.62. The third-order valence-electron chi connectivity index (χ3n) is 3.34. The van der Waals surface area contributed by atoms with E-state index in [1.165, 1.54) is 24.2 Å². The van der Waals surface area contributed by atoms with Crippen molar-refractivity contribution in [2.45, 2.75) is 31.8 Å². The molecule has 1 aromatic heterocycles. The van der Waals surface area contributed by atoms with Gasteiger partial charge in [-0.25, -0.2) is 0 Å². The van der Waals surface area contributed by atoms with Crippen LogP contribution in [-0.2, 0) is 13.1 Å². The molecule has 1 saturated carbocycles. The molecular weight excluding hydrogens is 188 g/mol. The maximum Gasteiger partial charge on any atom is 0.0658 e. The van der Waals surface area contributed by atoms with Crippen LogP contribution >= 0.6 is 0 Å². The molecule has 1 aliphatic heterocycles. The van der Waals surface area contributed by atoms with E-state index in [0.29, 0.717) is 0 Å². The minimum Gasteiger partial charge on any atom is -0.329 e. The van der Waals surface area contributed by atoms with Crippen LogP contribution in [0.2, 0.25) is 0 Å². The molecule has 3 rings (SSSR count). The predicted octanol–water partition coefficient (Wildman–Crippen LogP) is 0.535. The molecule has 0 unspecified atom stereocenters. The van der Waals surface area contributed by atoms with Crippen LogP contribution in [-0.4, -0.2) is 34.3 Å². The minimum absolute atomic E-state index is 0.754. The number of fused-ring (bicyclic) bond motifs is 1. The molecule has 15 heavy (non-hydrogen) atoms. The van der Waals surface area contributed by atoms with Gasteiger partial charge in [0.05, 0.1) is 17.9 Å². The fourth-order valence-electron chi connectivity index (χ4n) is 2.29. The number of rotatable bonds is 3. The molecule has 1 fully saturated rings. The van der Waals surface area contributed by atoms with Crippen molar-refractivity contribution in [3.63, 3.8) is 0 Å². The van der Waals surface area contributed by atoms with E-state index in [2.05, 4.69) is 20.7 Å². The summed E-state index contributed by atoms with van der Waals surface area (Å²) in [6, 6.07) is 2.29. The first kappa shape index (κ1) is 9.36. The zero-order chi connectivity index (χ0) is 10.3. The normalized spacial score (nSPS) is 21.7. The SMILES string of the molecule is NCCN1CCn2nc(C3CC3)cc2C1. The lowest BCUT2D eigenvalue weighted by Crippen LogP contribution is -2.36. The molecule has 2 aliphatic rings. The van der Waals surface area contributed by atoms with Crippen molar-refractivity contribution in [3.05, 3.63) is 17.5 Å². The Morgan fingerprint density at radius 1 is 1.40 bits per heavy atom. The van der Waals surface area contributed by atoms with E-state index in [-0.39, 0.29) is 0 Å². The molecule has 1 aromatic rings. The zero-order valence-corrected chi connectivity index (χ0v) is 9.02. The Morgan fingerprint density at radius 3 is 3.00 bits per heavy atom. The Balaban J connectivity index is 1.76. The molecule has 0 aromatic carbocycles. The molecule has 0 radical (unpaired) electrons. The molecule has 1 aliphatic carbocycles. The smallest absolute Gasteiger partial charge is 0.0658 e. The number of hydrogen-bond acceptors (Lipinski definition) is 3. The van der Waals surface area contributed by atoms with Gasteiger partial charge in [-0.15, -0.1) is 0 Å². The first-order valence-electron chi connectivity index (χ1n) is 5.86. The van der Waals surface area contributed by atoms with Gasteiger partial charge in [-0.2, -0.15) is 5.10 Å². The summed E-state index contributed by atoms with van der Waals surface area (Å²) in [6.45, 7) is 4.91. The third kappa shape index (κ3) is 1.79. The molecule has 0 saturated heterocycles. The molecule has 82 valence electrons. The van der Waals surface area contributed by atoms with Gasteiger partial charge < -0.3 is 5.73 Å². The van der Waals surface area contributed by atoms with Crippen molar-refractivity contribution in [2.24, 2.45) is 5.73 Å². The quantitative estimate of drug-likeness (QED) is 0.785. The van der Waals surface area contributed by atoms with Gasteiger partial charge in [-0.05, 0) is 18.9 Å². The third-order valence-corrected chi connectivity index (χ3v) is 3.34. The van der Waals surface area contributed by atoms with Crippen molar-refractivity contribution >= 4 is 0 Å². The van der Waals surface area contributed by atoms with E-state index in [1.54, 1.807) is 0 Å². The molecule has 0 bridgehead atoms. The summed E-state index contributed by atoms with van der Waals surface area (Å²) in [5.74, 6) is 0.769. The van der Waals surface area contributed by atoms with Gasteiger partial charge in [0.1, 0.15) is 0 Å². The summed E-state index contributed by atoms with van der Waals surface area (Å²) in [5, 5.41) is 4.67. The highest BCUT2D eigenvalue weighted by molar-refractivity contribution is 5.19. The molecule has 0 amide bonds. The molecule has 0 atom stereocenters. The summed E-state index contributed by atoms with van der Waals surface area (Å²) >= 11 is 0. The van der Waals surface area contributed by atoms with E-state index >= 15 is 0 Å². The topological polar surface area (TPSA) is 47.1 Å². The molecule has 0 spiro atoms. The summed E-state index contributed by atoms with van der Waals surface area (Å²) in [4.78, 5) is 2.41. The number of aromatic nitrogens is 2. The standard InChI is InChI=1S/C11H18N4/c12-3-4-14-5-6-15-10(8-14)7-11(13-15)9-1-2-9/h7,9H,1-6,8,12H2. The van der Waals surface area contributed by atoms with Gasteiger partial charge in [0.2, 0.25) is 0 Å². The maximum atomic E-state index is 5.58. The van der Waals surface area contributed by atoms with E-state index in [1.807, 2.05) is 0 Å². The second-order valence-corrected chi connectivity index (χ2v) is 4.62. The van der Waals surface area contributed by atoms with E-state index < -0.39 is 0 Å². The fraction of sp³-hybridized carbons (Fsp3) is 0.727. The fourth-order valence-corrected chi connectivity index (χ4v) is 2.29. The van der Waals surface area contributed by atoms with Gasteiger partial charge in [0, 0.05) is 32.1 Å². The van der Waals surface area contributed by atoms with Gasteiger partial charge >= 0.3 is 0 Å². The van der Waals surface area contributed by atoms with Crippen LogP contribution in [0, 0.1) is 0 Å². The van der Waals surface area contributed by atoms with Crippen LogP contribution in [0.25, 0.3) is 0 Å². The monoisotopic (exact) mass is 206 g/mol. The van der Waals surface area contributed by atoms with E-state index in [4.69, 9.17) is 5.73 Å². The Hall–Kier alpha value is -0.870. The van der Waals surface area contributed by atoms with Crippen LogP contribution in [0.1, 0.15) is 30.1 Å². The van der Waals surface area contributed by atoms with Crippen LogP contribution in [0.3, 0.4) is 0 Å². The molecular formula is C11H18N4. The van der Waals surface area contributed by atoms with Gasteiger partial charge in [0.25, 0.3) is 0 Å². The van der Waals surface area contributed by atoms with Crippen LogP contribution in [0.4, 0.5) is 0 Å².